The van der Waals surface area contributed by atoms with E-state index in [2.05, 4.69) is 39.0 Å². The fraction of sp³-hybridized carbons (Fsp3) is 0.607. The van der Waals surface area contributed by atoms with Gasteiger partial charge in [0.15, 0.2) is 35.4 Å². The Hall–Kier alpha value is -4.05. The molecule has 4 atom stereocenters. The van der Waals surface area contributed by atoms with Gasteiger partial charge in [0.25, 0.3) is 0 Å². The second-order valence-corrected chi connectivity index (χ2v) is 9.65. The van der Waals surface area contributed by atoms with Crippen LogP contribution in [0.5, 0.6) is 0 Å². The van der Waals surface area contributed by atoms with Gasteiger partial charge in [0.2, 0.25) is 11.7 Å². The van der Waals surface area contributed by atoms with Crippen molar-refractivity contribution in [2.45, 2.75) is 104 Å². The summed E-state index contributed by atoms with van der Waals surface area (Å²) in [7, 11) is 0. The minimum atomic E-state index is -1.13. The molecule has 0 aromatic carbocycles. The number of ether oxygens (including phenoxy) is 4. The van der Waals surface area contributed by atoms with E-state index >= 15 is 0 Å². The molecule has 222 valence electrons. The van der Waals surface area contributed by atoms with Gasteiger partial charge in [0, 0.05) is 33.6 Å². The first-order valence-corrected chi connectivity index (χ1v) is 13.8. The zero-order valence-corrected chi connectivity index (χ0v) is 24.1. The lowest BCUT2D eigenvalue weighted by Crippen LogP contribution is -2.40. The molecular formula is C28H37N5O8. The molecule has 1 aliphatic heterocycles. The number of aromatic nitrogens is 4. The molecule has 0 unspecified atom stereocenters. The fourth-order valence-electron chi connectivity index (χ4n) is 4.37. The summed E-state index contributed by atoms with van der Waals surface area (Å²) in [5.41, 5.74) is 0.513. The first-order chi connectivity index (χ1) is 19.6. The number of unbranched alkanes of at least 4 members (excludes halogenated alkanes) is 4. The van der Waals surface area contributed by atoms with Crippen LogP contribution in [-0.2, 0) is 38.1 Å². The molecule has 0 radical (unpaired) electrons. The second-order valence-electron chi connectivity index (χ2n) is 9.65. The molecule has 0 aliphatic carbocycles. The number of carbonyl (C=O) groups is 4. The minimum absolute atomic E-state index is 0.163. The molecule has 1 N–H and O–H groups in total. The Bertz CT molecular complexity index is 1310. The molecular weight excluding hydrogens is 534 g/mol. The number of fused-ring (bicyclic) bond motifs is 1. The Labute approximate surface area is 238 Å². The predicted octanol–water partition coefficient (Wildman–Crippen LogP) is 3.21. The molecule has 2 aromatic rings. The highest BCUT2D eigenvalue weighted by atomic mass is 16.7. The number of imidazole rings is 1. The summed E-state index contributed by atoms with van der Waals surface area (Å²) in [6.07, 6.45) is 3.02. The second kappa shape index (κ2) is 15.1. The molecule has 41 heavy (non-hydrogen) atoms. The van der Waals surface area contributed by atoms with Gasteiger partial charge in [-0.3, -0.25) is 23.7 Å². The third kappa shape index (κ3) is 8.72. The number of carbonyl (C=O) groups excluding carboxylic acids is 4. The zero-order chi connectivity index (χ0) is 29.9. The van der Waals surface area contributed by atoms with Crippen molar-refractivity contribution in [1.82, 2.24) is 19.5 Å². The number of hydrogen-bond donors (Lipinski definition) is 1. The fourth-order valence-corrected chi connectivity index (χ4v) is 4.37. The number of rotatable bonds is 12. The zero-order valence-electron chi connectivity index (χ0n) is 24.1. The van der Waals surface area contributed by atoms with Crippen molar-refractivity contribution in [2.24, 2.45) is 0 Å². The molecule has 2 aromatic heterocycles. The van der Waals surface area contributed by atoms with E-state index in [1.807, 2.05) is 6.92 Å². The number of nitrogens with zero attached hydrogens (tertiary/aromatic N) is 4. The third-order valence-corrected chi connectivity index (χ3v) is 6.13. The highest BCUT2D eigenvalue weighted by Crippen LogP contribution is 2.36. The van der Waals surface area contributed by atoms with Crippen LogP contribution in [0.3, 0.4) is 0 Å². The van der Waals surface area contributed by atoms with Gasteiger partial charge in [0.1, 0.15) is 12.7 Å². The summed E-state index contributed by atoms with van der Waals surface area (Å²) in [6.45, 7) is 7.43. The maximum atomic E-state index is 12.5. The van der Waals surface area contributed by atoms with Gasteiger partial charge in [-0.05, 0) is 18.8 Å². The van der Waals surface area contributed by atoms with Gasteiger partial charge in [-0.2, -0.15) is 0 Å². The summed E-state index contributed by atoms with van der Waals surface area (Å²) >= 11 is 0. The van der Waals surface area contributed by atoms with Crippen molar-refractivity contribution in [3.05, 3.63) is 12.2 Å². The van der Waals surface area contributed by atoms with Crippen LogP contribution >= 0.6 is 0 Å². The first-order valence-electron chi connectivity index (χ1n) is 13.8. The maximum Gasteiger partial charge on any atom is 0.303 e. The van der Waals surface area contributed by atoms with Crippen LogP contribution in [-0.4, -0.2) is 68.3 Å². The summed E-state index contributed by atoms with van der Waals surface area (Å²) in [5.74, 6) is 4.31. The Kier molecular flexibility index (Phi) is 11.6. The van der Waals surface area contributed by atoms with Gasteiger partial charge in [-0.15, -0.1) is 0 Å². The van der Waals surface area contributed by atoms with Crippen molar-refractivity contribution < 1.29 is 38.1 Å². The molecule has 0 spiro atoms. The van der Waals surface area contributed by atoms with Crippen LogP contribution in [0.1, 0.15) is 91.6 Å². The lowest BCUT2D eigenvalue weighted by Gasteiger charge is -2.23. The van der Waals surface area contributed by atoms with E-state index in [9.17, 15) is 19.2 Å². The summed E-state index contributed by atoms with van der Waals surface area (Å²) in [5, 5.41) is 2.78. The van der Waals surface area contributed by atoms with Crippen molar-refractivity contribution in [1.29, 1.82) is 0 Å². The Morgan fingerprint density at radius 2 is 1.71 bits per heavy atom. The van der Waals surface area contributed by atoms with E-state index in [4.69, 9.17) is 18.9 Å². The average Bonchev–Trinajstić information content (AvgIpc) is 3.46. The summed E-state index contributed by atoms with van der Waals surface area (Å²) in [4.78, 5) is 61.4. The van der Waals surface area contributed by atoms with Gasteiger partial charge in [-0.25, -0.2) is 15.0 Å². The van der Waals surface area contributed by atoms with Crippen LogP contribution in [0.4, 0.5) is 5.82 Å². The predicted molar refractivity (Wildman–Crippen MR) is 146 cm³/mol. The molecule has 3 rings (SSSR count). The highest BCUT2D eigenvalue weighted by Gasteiger charge is 2.51. The van der Waals surface area contributed by atoms with Crippen molar-refractivity contribution in [2.75, 3.05) is 11.9 Å². The molecule has 13 heteroatoms. The van der Waals surface area contributed by atoms with Crippen LogP contribution in [0.25, 0.3) is 11.2 Å². The number of anilines is 1. The van der Waals surface area contributed by atoms with Crippen LogP contribution in [0.2, 0.25) is 0 Å². The van der Waals surface area contributed by atoms with Gasteiger partial charge in [-0.1, -0.05) is 39.0 Å². The Morgan fingerprint density at radius 3 is 2.37 bits per heavy atom. The molecule has 13 nitrogen and oxygen atoms in total. The normalized spacial score (nSPS) is 19.7. The summed E-state index contributed by atoms with van der Waals surface area (Å²) in [6, 6.07) is 0. The molecule has 1 fully saturated rings. The lowest BCUT2D eigenvalue weighted by molar-refractivity contribution is -0.166. The first kappa shape index (κ1) is 31.5. The Morgan fingerprint density at radius 1 is 0.976 bits per heavy atom. The molecule has 0 bridgehead atoms. The SMILES string of the molecule is CCCCCCC#Cc1nc(NC(=O)CCC)c2ncn([C@@H]3O[C@H](COC(C)=O)[C@@H](OC(C)=O)[C@H]3OC(C)=O)c2n1. The molecule has 1 amide bonds. The quantitative estimate of drug-likeness (QED) is 0.172. The Balaban J connectivity index is 2.06. The minimum Gasteiger partial charge on any atom is -0.463 e. The smallest absolute Gasteiger partial charge is 0.303 e. The van der Waals surface area contributed by atoms with Crippen LogP contribution < -0.4 is 5.32 Å². The third-order valence-electron chi connectivity index (χ3n) is 6.13. The van der Waals surface area contributed by atoms with Crippen molar-refractivity contribution in [3.8, 4) is 11.8 Å². The van der Waals surface area contributed by atoms with Gasteiger partial charge >= 0.3 is 17.9 Å². The standard InChI is InChI=1S/C28H37N5O8/c1-6-8-9-10-11-12-14-21-30-26(32-22(37)13-7-2)23-27(31-21)33(16-29-23)28-25(40-19(5)36)24(39-18(4)35)20(41-28)15-38-17(3)34/h16,20,24-25,28H,6-11,13,15H2,1-5H3,(H,30,31,32,37)/t20-,24-,25-,28-/m1/s1. The molecule has 3 heterocycles. The monoisotopic (exact) mass is 571 g/mol. The summed E-state index contributed by atoms with van der Waals surface area (Å²) < 4.78 is 23.7. The topological polar surface area (TPSA) is 161 Å². The van der Waals surface area contributed by atoms with E-state index in [-0.39, 0.29) is 41.7 Å². The van der Waals surface area contributed by atoms with E-state index in [1.54, 1.807) is 0 Å². The lowest BCUT2D eigenvalue weighted by atomic mass is 10.1. The van der Waals surface area contributed by atoms with E-state index < -0.39 is 42.4 Å². The number of nitrogens with one attached hydrogen (secondary N) is 1. The number of esters is 3. The average molecular weight is 572 g/mol. The molecule has 1 aliphatic rings. The molecule has 1 saturated heterocycles. The number of amides is 1. The number of hydrogen-bond acceptors (Lipinski definition) is 11. The van der Waals surface area contributed by atoms with Gasteiger partial charge < -0.3 is 24.3 Å². The maximum absolute atomic E-state index is 12.5. The van der Waals surface area contributed by atoms with Gasteiger partial charge in [0.05, 0.1) is 6.33 Å². The van der Waals surface area contributed by atoms with E-state index in [1.165, 1.54) is 31.7 Å². The van der Waals surface area contributed by atoms with Crippen molar-refractivity contribution >= 4 is 40.8 Å². The van der Waals surface area contributed by atoms with E-state index in [0.29, 0.717) is 12.8 Å². The highest BCUT2D eigenvalue weighted by molar-refractivity contribution is 5.97. The van der Waals surface area contributed by atoms with Crippen molar-refractivity contribution in [3.63, 3.8) is 0 Å². The van der Waals surface area contributed by atoms with Crippen LogP contribution in [0, 0.1) is 11.8 Å². The largest absolute Gasteiger partial charge is 0.463 e. The molecule has 0 saturated carbocycles. The van der Waals surface area contributed by atoms with E-state index in [0.717, 1.165) is 25.7 Å². The van der Waals surface area contributed by atoms with Crippen LogP contribution in [0.15, 0.2) is 6.33 Å².